The first-order valence-electron chi connectivity index (χ1n) is 6.83. The SMILES string of the molecule is CCNC(=NC)NCCc1cccc(C(=O)N(C)C)c1. The van der Waals surface area contributed by atoms with Gasteiger partial charge >= 0.3 is 0 Å². The minimum Gasteiger partial charge on any atom is -0.357 e. The minimum absolute atomic E-state index is 0.0308. The molecule has 1 aromatic carbocycles. The lowest BCUT2D eigenvalue weighted by Gasteiger charge is -2.12. The molecule has 0 bridgehead atoms. The molecule has 0 aliphatic rings. The van der Waals surface area contributed by atoms with E-state index in [4.69, 9.17) is 0 Å². The van der Waals surface area contributed by atoms with Gasteiger partial charge in [0.2, 0.25) is 0 Å². The molecule has 0 radical (unpaired) electrons. The number of hydrogen-bond donors (Lipinski definition) is 2. The second-order valence-electron chi connectivity index (χ2n) is 4.68. The molecule has 0 saturated heterocycles. The summed E-state index contributed by atoms with van der Waals surface area (Å²) < 4.78 is 0. The van der Waals surface area contributed by atoms with Crippen molar-refractivity contribution in [1.82, 2.24) is 15.5 Å². The first-order chi connectivity index (χ1) is 9.58. The number of carbonyl (C=O) groups excluding carboxylic acids is 1. The molecule has 0 fully saturated rings. The summed E-state index contributed by atoms with van der Waals surface area (Å²) in [7, 11) is 5.27. The maximum Gasteiger partial charge on any atom is 0.253 e. The van der Waals surface area contributed by atoms with E-state index in [9.17, 15) is 4.79 Å². The van der Waals surface area contributed by atoms with Crippen LogP contribution in [0.2, 0.25) is 0 Å². The van der Waals surface area contributed by atoms with E-state index >= 15 is 0 Å². The third-order valence-electron chi connectivity index (χ3n) is 2.85. The van der Waals surface area contributed by atoms with Crippen LogP contribution in [0, 0.1) is 0 Å². The zero-order chi connectivity index (χ0) is 15.0. The van der Waals surface area contributed by atoms with Gasteiger partial charge in [0.05, 0.1) is 0 Å². The molecule has 1 aromatic rings. The summed E-state index contributed by atoms with van der Waals surface area (Å²) in [6, 6.07) is 7.74. The summed E-state index contributed by atoms with van der Waals surface area (Å²) in [6.45, 7) is 3.65. The molecule has 20 heavy (non-hydrogen) atoms. The van der Waals surface area contributed by atoms with Gasteiger partial charge in [0, 0.05) is 39.8 Å². The summed E-state index contributed by atoms with van der Waals surface area (Å²) >= 11 is 0. The Balaban J connectivity index is 2.57. The minimum atomic E-state index is 0.0308. The number of amides is 1. The summed E-state index contributed by atoms with van der Waals surface area (Å²) in [5.41, 5.74) is 1.86. The highest BCUT2D eigenvalue weighted by Gasteiger charge is 2.07. The molecule has 2 N–H and O–H groups in total. The predicted octanol–water partition coefficient (Wildman–Crippen LogP) is 1.12. The standard InChI is InChI=1S/C15H24N4O/c1-5-17-15(16-2)18-10-9-12-7-6-8-13(11-12)14(20)19(3)4/h6-8,11H,5,9-10H2,1-4H3,(H2,16,17,18). The highest BCUT2D eigenvalue weighted by molar-refractivity contribution is 5.94. The number of aliphatic imine (C=N–C) groups is 1. The van der Waals surface area contributed by atoms with Crippen molar-refractivity contribution in [1.29, 1.82) is 0 Å². The first kappa shape index (κ1) is 16.0. The third-order valence-corrected chi connectivity index (χ3v) is 2.85. The lowest BCUT2D eigenvalue weighted by molar-refractivity contribution is 0.0827. The molecule has 5 heteroatoms. The van der Waals surface area contributed by atoms with Crippen LogP contribution in [0.5, 0.6) is 0 Å². The Labute approximate surface area is 121 Å². The fourth-order valence-corrected chi connectivity index (χ4v) is 1.83. The number of hydrogen-bond acceptors (Lipinski definition) is 2. The molecule has 0 spiro atoms. The van der Waals surface area contributed by atoms with Crippen LogP contribution in [0.4, 0.5) is 0 Å². The second kappa shape index (κ2) is 8.19. The zero-order valence-electron chi connectivity index (χ0n) is 12.7. The average molecular weight is 276 g/mol. The number of guanidine groups is 1. The Morgan fingerprint density at radius 1 is 1.30 bits per heavy atom. The normalized spacial score (nSPS) is 11.1. The van der Waals surface area contributed by atoms with Crippen molar-refractivity contribution >= 4 is 11.9 Å². The molecule has 110 valence electrons. The fourth-order valence-electron chi connectivity index (χ4n) is 1.83. The number of carbonyl (C=O) groups is 1. The summed E-state index contributed by atoms with van der Waals surface area (Å²) in [5, 5.41) is 6.38. The van der Waals surface area contributed by atoms with E-state index in [0.717, 1.165) is 36.6 Å². The van der Waals surface area contributed by atoms with Crippen LogP contribution in [0.1, 0.15) is 22.8 Å². The van der Waals surface area contributed by atoms with E-state index in [1.54, 1.807) is 26.0 Å². The molecule has 0 unspecified atom stereocenters. The Hall–Kier alpha value is -2.04. The van der Waals surface area contributed by atoms with Crippen LogP contribution in [0.3, 0.4) is 0 Å². The monoisotopic (exact) mass is 276 g/mol. The van der Waals surface area contributed by atoms with Crippen LogP contribution < -0.4 is 10.6 Å². The maximum absolute atomic E-state index is 11.9. The second-order valence-corrected chi connectivity index (χ2v) is 4.68. The van der Waals surface area contributed by atoms with Crippen LogP contribution in [0.25, 0.3) is 0 Å². The van der Waals surface area contributed by atoms with Crippen LogP contribution in [0.15, 0.2) is 29.3 Å². The number of rotatable bonds is 5. The summed E-state index contributed by atoms with van der Waals surface area (Å²) in [4.78, 5) is 17.6. The van der Waals surface area contributed by atoms with Gasteiger partial charge in [-0.25, -0.2) is 0 Å². The Morgan fingerprint density at radius 3 is 2.65 bits per heavy atom. The topological polar surface area (TPSA) is 56.7 Å². The van der Waals surface area contributed by atoms with Crippen molar-refractivity contribution in [3.63, 3.8) is 0 Å². The molecule has 1 rings (SSSR count). The van der Waals surface area contributed by atoms with Gasteiger partial charge < -0.3 is 15.5 Å². The summed E-state index contributed by atoms with van der Waals surface area (Å²) in [5.74, 6) is 0.830. The van der Waals surface area contributed by atoms with Gasteiger partial charge in [0.15, 0.2) is 5.96 Å². The van der Waals surface area contributed by atoms with Crippen molar-refractivity contribution in [3.8, 4) is 0 Å². The highest BCUT2D eigenvalue weighted by atomic mass is 16.2. The lowest BCUT2D eigenvalue weighted by Crippen LogP contribution is -2.38. The summed E-state index contributed by atoms with van der Waals surface area (Å²) in [6.07, 6.45) is 0.846. The lowest BCUT2D eigenvalue weighted by atomic mass is 10.1. The largest absolute Gasteiger partial charge is 0.357 e. The van der Waals surface area contributed by atoms with Crippen molar-refractivity contribution in [2.75, 3.05) is 34.2 Å². The Kier molecular flexibility index (Phi) is 6.56. The predicted molar refractivity (Wildman–Crippen MR) is 83.2 cm³/mol. The van der Waals surface area contributed by atoms with Crippen LogP contribution in [-0.2, 0) is 6.42 Å². The molecule has 5 nitrogen and oxygen atoms in total. The molecular weight excluding hydrogens is 252 g/mol. The van der Waals surface area contributed by atoms with Crippen LogP contribution >= 0.6 is 0 Å². The van der Waals surface area contributed by atoms with Crippen molar-refractivity contribution in [2.24, 2.45) is 4.99 Å². The average Bonchev–Trinajstić information content (AvgIpc) is 2.45. The molecule has 0 aliphatic heterocycles. The van der Waals surface area contributed by atoms with Crippen molar-refractivity contribution in [2.45, 2.75) is 13.3 Å². The van der Waals surface area contributed by atoms with Gasteiger partial charge in [-0.15, -0.1) is 0 Å². The molecule has 0 atom stereocenters. The molecule has 0 heterocycles. The van der Waals surface area contributed by atoms with Crippen molar-refractivity contribution < 1.29 is 4.79 Å². The van der Waals surface area contributed by atoms with Gasteiger partial charge in [-0.3, -0.25) is 9.79 Å². The number of nitrogens with one attached hydrogen (secondary N) is 2. The maximum atomic E-state index is 11.9. The quantitative estimate of drug-likeness (QED) is 0.626. The molecular formula is C15H24N4O. The highest BCUT2D eigenvalue weighted by Crippen LogP contribution is 2.07. The number of benzene rings is 1. The Morgan fingerprint density at radius 2 is 2.05 bits per heavy atom. The first-order valence-corrected chi connectivity index (χ1v) is 6.83. The van der Waals surface area contributed by atoms with Gasteiger partial charge in [0.25, 0.3) is 5.91 Å². The van der Waals surface area contributed by atoms with Crippen LogP contribution in [-0.4, -0.2) is 51.0 Å². The number of nitrogens with zero attached hydrogens (tertiary/aromatic N) is 2. The van der Waals surface area contributed by atoms with Gasteiger partial charge in [-0.2, -0.15) is 0 Å². The molecule has 0 saturated carbocycles. The van der Waals surface area contributed by atoms with Gasteiger partial charge in [-0.05, 0) is 31.0 Å². The Bertz CT molecular complexity index is 469. The third kappa shape index (κ3) is 4.91. The zero-order valence-corrected chi connectivity index (χ0v) is 12.7. The molecule has 1 amide bonds. The molecule has 0 aliphatic carbocycles. The van der Waals surface area contributed by atoms with Gasteiger partial charge in [-0.1, -0.05) is 12.1 Å². The van der Waals surface area contributed by atoms with Crippen molar-refractivity contribution in [3.05, 3.63) is 35.4 Å². The molecule has 0 aromatic heterocycles. The van der Waals surface area contributed by atoms with E-state index in [1.807, 2.05) is 31.2 Å². The fraction of sp³-hybridized carbons (Fsp3) is 0.467. The van der Waals surface area contributed by atoms with E-state index in [1.165, 1.54) is 0 Å². The van der Waals surface area contributed by atoms with E-state index in [0.29, 0.717) is 0 Å². The van der Waals surface area contributed by atoms with E-state index < -0.39 is 0 Å². The van der Waals surface area contributed by atoms with E-state index in [-0.39, 0.29) is 5.91 Å². The van der Waals surface area contributed by atoms with E-state index in [2.05, 4.69) is 15.6 Å². The smallest absolute Gasteiger partial charge is 0.253 e. The van der Waals surface area contributed by atoms with Gasteiger partial charge in [0.1, 0.15) is 0 Å².